The number of pyridine rings is 1. The van der Waals surface area contributed by atoms with Gasteiger partial charge in [-0.25, -0.2) is 4.98 Å². The van der Waals surface area contributed by atoms with E-state index >= 15 is 0 Å². The van der Waals surface area contributed by atoms with Crippen LogP contribution in [0.5, 0.6) is 5.88 Å². The molecular formula is C15H16N4OS2. The van der Waals surface area contributed by atoms with Gasteiger partial charge in [0.1, 0.15) is 0 Å². The fourth-order valence-corrected chi connectivity index (χ4v) is 3.59. The number of ether oxygens (including phenoxy) is 1. The van der Waals surface area contributed by atoms with Crippen LogP contribution in [0.1, 0.15) is 5.56 Å². The third kappa shape index (κ3) is 3.10. The first-order chi connectivity index (χ1) is 10.7. The molecule has 0 amide bonds. The van der Waals surface area contributed by atoms with Crippen molar-refractivity contribution in [1.82, 2.24) is 9.97 Å². The maximum absolute atomic E-state index is 5.93. The molecule has 0 spiro atoms. The highest BCUT2D eigenvalue weighted by molar-refractivity contribution is 8.00. The normalized spacial score (nSPS) is 10.8. The summed E-state index contributed by atoms with van der Waals surface area (Å²) >= 11 is 3.37. The topological polar surface area (TPSA) is 73.1 Å². The molecule has 3 N–H and O–H groups in total. The quantitative estimate of drug-likeness (QED) is 0.695. The highest BCUT2D eigenvalue weighted by atomic mass is 32.2. The molecule has 0 aliphatic rings. The van der Waals surface area contributed by atoms with Crippen LogP contribution in [0.4, 0.5) is 11.5 Å². The third-order valence-electron chi connectivity index (χ3n) is 3.18. The number of hydrogen-bond donors (Lipinski definition) is 2. The Morgan fingerprint density at radius 2 is 2.14 bits per heavy atom. The zero-order chi connectivity index (χ0) is 15.5. The lowest BCUT2D eigenvalue weighted by molar-refractivity contribution is 0.398. The van der Waals surface area contributed by atoms with Gasteiger partial charge in [-0.15, -0.1) is 11.3 Å². The van der Waals surface area contributed by atoms with Crippen molar-refractivity contribution in [2.45, 2.75) is 10.9 Å². The lowest BCUT2D eigenvalue weighted by atomic mass is 10.2. The lowest BCUT2D eigenvalue weighted by Gasteiger charge is -2.09. The molecule has 2 aromatic heterocycles. The molecule has 3 aromatic rings. The third-order valence-corrected chi connectivity index (χ3v) is 5.18. The van der Waals surface area contributed by atoms with Crippen molar-refractivity contribution in [3.05, 3.63) is 35.9 Å². The zero-order valence-electron chi connectivity index (χ0n) is 12.3. The van der Waals surface area contributed by atoms with Crippen molar-refractivity contribution in [2.75, 3.05) is 24.4 Å². The summed E-state index contributed by atoms with van der Waals surface area (Å²) in [6.07, 6.45) is 2.04. The van der Waals surface area contributed by atoms with Crippen molar-refractivity contribution in [3.8, 4) is 5.88 Å². The first kappa shape index (κ1) is 14.9. The number of nitrogen functional groups attached to an aromatic ring is 1. The van der Waals surface area contributed by atoms with Crippen LogP contribution in [-0.4, -0.2) is 23.3 Å². The summed E-state index contributed by atoms with van der Waals surface area (Å²) in [5.74, 6) is 1.17. The van der Waals surface area contributed by atoms with Crippen LogP contribution in [0, 0.1) is 0 Å². The van der Waals surface area contributed by atoms with Crippen molar-refractivity contribution in [2.24, 2.45) is 0 Å². The van der Waals surface area contributed by atoms with Gasteiger partial charge in [0.25, 0.3) is 0 Å². The minimum Gasteiger partial charge on any atom is -0.481 e. The number of fused-ring (bicyclic) bond motifs is 1. The number of benzene rings is 1. The van der Waals surface area contributed by atoms with Crippen LogP contribution in [0.15, 0.2) is 34.7 Å². The van der Waals surface area contributed by atoms with Gasteiger partial charge >= 0.3 is 0 Å². The van der Waals surface area contributed by atoms with Gasteiger partial charge < -0.3 is 15.8 Å². The van der Waals surface area contributed by atoms with E-state index in [1.54, 1.807) is 42.3 Å². The largest absolute Gasteiger partial charge is 0.481 e. The average molecular weight is 332 g/mol. The zero-order valence-corrected chi connectivity index (χ0v) is 13.9. The Morgan fingerprint density at radius 1 is 1.27 bits per heavy atom. The van der Waals surface area contributed by atoms with Gasteiger partial charge in [-0.05, 0) is 30.0 Å². The predicted octanol–water partition coefficient (Wildman–Crippen LogP) is 3.62. The molecule has 0 fully saturated rings. The molecule has 7 heteroatoms. The van der Waals surface area contributed by atoms with Crippen LogP contribution in [0.3, 0.4) is 0 Å². The van der Waals surface area contributed by atoms with Crippen LogP contribution in [0.2, 0.25) is 0 Å². The van der Waals surface area contributed by atoms with Gasteiger partial charge in [-0.1, -0.05) is 17.8 Å². The molecule has 0 saturated carbocycles. The second-order valence-electron chi connectivity index (χ2n) is 4.63. The van der Waals surface area contributed by atoms with E-state index in [4.69, 9.17) is 10.5 Å². The Balaban J connectivity index is 1.78. The molecule has 2 heterocycles. The highest BCUT2D eigenvalue weighted by Gasteiger charge is 2.06. The fourth-order valence-electron chi connectivity index (χ4n) is 2.04. The van der Waals surface area contributed by atoms with E-state index in [-0.39, 0.29) is 0 Å². The lowest BCUT2D eigenvalue weighted by Crippen LogP contribution is -2.05. The highest BCUT2D eigenvalue weighted by Crippen LogP contribution is 2.29. The van der Waals surface area contributed by atoms with E-state index in [9.17, 15) is 0 Å². The van der Waals surface area contributed by atoms with Crippen LogP contribution in [-0.2, 0) is 6.54 Å². The predicted molar refractivity (Wildman–Crippen MR) is 93.9 cm³/mol. The summed E-state index contributed by atoms with van der Waals surface area (Å²) in [6.45, 7) is 0.646. The Kier molecular flexibility index (Phi) is 4.35. The number of aromatic nitrogens is 2. The van der Waals surface area contributed by atoms with Crippen LogP contribution >= 0.6 is 23.1 Å². The number of rotatable bonds is 5. The van der Waals surface area contributed by atoms with E-state index < -0.39 is 0 Å². The van der Waals surface area contributed by atoms with E-state index in [0.29, 0.717) is 23.9 Å². The summed E-state index contributed by atoms with van der Waals surface area (Å²) in [4.78, 5) is 8.85. The fraction of sp³-hybridized carbons (Fsp3) is 0.200. The van der Waals surface area contributed by atoms with E-state index in [1.165, 1.54) is 4.70 Å². The van der Waals surface area contributed by atoms with Crippen LogP contribution < -0.4 is 15.8 Å². The summed E-state index contributed by atoms with van der Waals surface area (Å²) in [7, 11) is 1.59. The van der Waals surface area contributed by atoms with Crippen LogP contribution in [0.25, 0.3) is 10.2 Å². The average Bonchev–Trinajstić information content (AvgIpc) is 2.96. The second-order valence-corrected chi connectivity index (χ2v) is 6.71. The molecule has 1 aromatic carbocycles. The van der Waals surface area contributed by atoms with Crippen molar-refractivity contribution < 1.29 is 4.74 Å². The molecule has 3 rings (SSSR count). The van der Waals surface area contributed by atoms with E-state index in [1.807, 2.05) is 12.3 Å². The number of nitrogens with two attached hydrogens (primary N) is 1. The molecule has 0 unspecified atom stereocenters. The van der Waals surface area contributed by atoms with Gasteiger partial charge in [-0.2, -0.15) is 4.98 Å². The minimum absolute atomic E-state index is 0.541. The summed E-state index contributed by atoms with van der Waals surface area (Å²) in [6, 6.07) is 9.79. The number of nitrogens with zero attached hydrogens (tertiary/aromatic N) is 2. The Morgan fingerprint density at radius 3 is 2.91 bits per heavy atom. The monoisotopic (exact) mass is 332 g/mol. The molecule has 0 radical (unpaired) electrons. The number of thioether (sulfide) groups is 1. The number of nitrogens with one attached hydrogen (secondary N) is 1. The first-order valence-corrected chi connectivity index (χ1v) is 8.71. The Hall–Kier alpha value is -1.99. The maximum atomic E-state index is 5.93. The second kappa shape index (κ2) is 6.41. The van der Waals surface area contributed by atoms with Crippen molar-refractivity contribution >= 4 is 44.8 Å². The number of anilines is 2. The molecular weight excluding hydrogens is 316 g/mol. The van der Waals surface area contributed by atoms with E-state index in [0.717, 1.165) is 15.4 Å². The molecule has 0 aliphatic carbocycles. The summed E-state index contributed by atoms with van der Waals surface area (Å²) in [5, 5.41) is 3.25. The molecule has 0 aliphatic heterocycles. The molecule has 5 nitrogen and oxygen atoms in total. The van der Waals surface area contributed by atoms with Crippen molar-refractivity contribution in [1.29, 1.82) is 0 Å². The SMILES string of the molecule is COc1ccc(N)c(NCc2ccc3nc(SC)sc3c2)n1. The minimum atomic E-state index is 0.541. The maximum Gasteiger partial charge on any atom is 0.215 e. The molecule has 114 valence electrons. The Bertz CT molecular complexity index is 803. The number of hydrogen-bond acceptors (Lipinski definition) is 7. The molecule has 0 saturated heterocycles. The van der Waals surface area contributed by atoms with Gasteiger partial charge in [0.05, 0.1) is 23.0 Å². The summed E-state index contributed by atoms with van der Waals surface area (Å²) in [5.41, 5.74) is 8.73. The molecule has 0 atom stereocenters. The van der Waals surface area contributed by atoms with E-state index in [2.05, 4.69) is 27.4 Å². The van der Waals surface area contributed by atoms with Gasteiger partial charge in [0.2, 0.25) is 5.88 Å². The number of thiazole rings is 1. The van der Waals surface area contributed by atoms with Gasteiger partial charge in [0, 0.05) is 12.6 Å². The van der Waals surface area contributed by atoms with Gasteiger partial charge in [0.15, 0.2) is 10.2 Å². The smallest absolute Gasteiger partial charge is 0.215 e. The summed E-state index contributed by atoms with van der Waals surface area (Å²) < 4.78 is 7.39. The molecule has 22 heavy (non-hydrogen) atoms. The standard InChI is InChI=1S/C15H16N4OS2/c1-20-13-6-4-10(16)14(19-13)17-8-9-3-5-11-12(7-9)22-15(18-11)21-2/h3-7H,8,16H2,1-2H3,(H,17,19). The number of methoxy groups -OCH3 is 1. The molecule has 0 bridgehead atoms. The Labute approximate surface area is 136 Å². The van der Waals surface area contributed by atoms with Gasteiger partial charge in [-0.3, -0.25) is 0 Å². The van der Waals surface area contributed by atoms with Crippen molar-refractivity contribution in [3.63, 3.8) is 0 Å². The first-order valence-electron chi connectivity index (χ1n) is 6.67.